The highest BCUT2D eigenvalue weighted by molar-refractivity contribution is 6.29. The molecule has 0 radical (unpaired) electrons. The van der Waals surface area contributed by atoms with E-state index in [1.54, 1.807) is 4.57 Å². The summed E-state index contributed by atoms with van der Waals surface area (Å²) in [5.41, 5.74) is 0.293. The number of hydrogen-bond donors (Lipinski definition) is 0. The van der Waals surface area contributed by atoms with Gasteiger partial charge >= 0.3 is 5.69 Å². The monoisotopic (exact) mass is 251 g/mol. The summed E-state index contributed by atoms with van der Waals surface area (Å²) in [4.78, 5) is 18.0. The zero-order chi connectivity index (χ0) is 11.6. The zero-order valence-corrected chi connectivity index (χ0v) is 10.3. The largest absolute Gasteiger partial charge is 0.352 e. The van der Waals surface area contributed by atoms with Gasteiger partial charge in [-0.15, -0.1) is 0 Å². The summed E-state index contributed by atoms with van der Waals surface area (Å²) >= 11 is 5.90. The van der Waals surface area contributed by atoms with Crippen molar-refractivity contribution < 1.29 is 0 Å². The second-order valence-electron chi connectivity index (χ2n) is 5.51. The van der Waals surface area contributed by atoms with Crippen LogP contribution in [-0.2, 0) is 6.54 Å². The lowest BCUT2D eigenvalue weighted by Gasteiger charge is -2.37. The van der Waals surface area contributed by atoms with Crippen molar-refractivity contribution in [1.29, 1.82) is 0 Å². The second-order valence-corrected chi connectivity index (χ2v) is 5.89. The van der Waals surface area contributed by atoms with Crippen LogP contribution in [0.2, 0.25) is 5.15 Å². The fraction of sp³-hybridized carbons (Fsp3) is 0.667. The molecule has 90 valence electrons. The second kappa shape index (κ2) is 3.05. The Morgan fingerprint density at radius 2 is 2.24 bits per heavy atom. The van der Waals surface area contributed by atoms with Crippen molar-refractivity contribution in [1.82, 2.24) is 9.55 Å². The SMILES string of the molecule is O=c1nc(Cl)cc2n1CC1N2CCCC12CC2. The van der Waals surface area contributed by atoms with Crippen LogP contribution in [0.15, 0.2) is 10.9 Å². The van der Waals surface area contributed by atoms with Gasteiger partial charge in [-0.2, -0.15) is 4.98 Å². The van der Waals surface area contributed by atoms with E-state index < -0.39 is 0 Å². The maximum Gasteiger partial charge on any atom is 0.350 e. The Bertz CT molecular complexity index is 549. The molecular weight excluding hydrogens is 238 g/mol. The Hall–Kier alpha value is -1.03. The Morgan fingerprint density at radius 1 is 1.41 bits per heavy atom. The van der Waals surface area contributed by atoms with Crippen molar-refractivity contribution in [2.24, 2.45) is 5.41 Å². The molecule has 1 unspecified atom stereocenters. The van der Waals surface area contributed by atoms with Crippen LogP contribution < -0.4 is 10.6 Å². The van der Waals surface area contributed by atoms with E-state index >= 15 is 0 Å². The zero-order valence-electron chi connectivity index (χ0n) is 9.53. The molecule has 3 heterocycles. The standard InChI is InChI=1S/C12H14ClN3O/c13-9-6-10-15-5-1-2-12(3-4-12)8(15)7-16(10)11(17)14-9/h6,8H,1-5,7H2. The van der Waals surface area contributed by atoms with Gasteiger partial charge in [-0.3, -0.25) is 4.57 Å². The predicted molar refractivity (Wildman–Crippen MR) is 65.5 cm³/mol. The van der Waals surface area contributed by atoms with E-state index in [1.165, 1.54) is 25.7 Å². The van der Waals surface area contributed by atoms with Crippen LogP contribution >= 0.6 is 11.6 Å². The highest BCUT2D eigenvalue weighted by Crippen LogP contribution is 2.58. The molecule has 1 saturated carbocycles. The summed E-state index contributed by atoms with van der Waals surface area (Å²) in [5.74, 6) is 0.978. The van der Waals surface area contributed by atoms with Crippen LogP contribution in [0, 0.1) is 5.41 Å². The summed E-state index contributed by atoms with van der Waals surface area (Å²) in [5, 5.41) is 0.317. The van der Waals surface area contributed by atoms with Gasteiger partial charge in [0, 0.05) is 12.6 Å². The van der Waals surface area contributed by atoms with E-state index in [2.05, 4.69) is 9.88 Å². The molecule has 0 bridgehead atoms. The van der Waals surface area contributed by atoms with Crippen LogP contribution in [0.25, 0.3) is 0 Å². The van der Waals surface area contributed by atoms with Gasteiger partial charge in [-0.05, 0) is 31.1 Å². The van der Waals surface area contributed by atoms with Crippen molar-refractivity contribution in [2.45, 2.75) is 38.3 Å². The maximum absolute atomic E-state index is 11.8. The number of halogens is 1. The van der Waals surface area contributed by atoms with E-state index in [0.717, 1.165) is 18.9 Å². The Labute approximate surface area is 104 Å². The van der Waals surface area contributed by atoms with E-state index in [-0.39, 0.29) is 5.69 Å². The molecule has 0 N–H and O–H groups in total. The molecule has 1 aliphatic carbocycles. The van der Waals surface area contributed by atoms with Crippen LogP contribution in [0.3, 0.4) is 0 Å². The molecule has 4 rings (SSSR count). The normalized spacial score (nSPS) is 28.1. The number of rotatable bonds is 0. The van der Waals surface area contributed by atoms with Crippen LogP contribution in [-0.4, -0.2) is 22.1 Å². The fourth-order valence-electron chi connectivity index (χ4n) is 3.61. The molecule has 3 aliphatic rings. The Kier molecular flexibility index (Phi) is 1.78. The van der Waals surface area contributed by atoms with Crippen LogP contribution in [0.5, 0.6) is 0 Å². The summed E-state index contributed by atoms with van der Waals surface area (Å²) in [6.45, 7) is 1.85. The average molecular weight is 252 g/mol. The van der Waals surface area contributed by atoms with Gasteiger partial charge in [0.2, 0.25) is 0 Å². The highest BCUT2D eigenvalue weighted by atomic mass is 35.5. The molecule has 1 saturated heterocycles. The summed E-state index contributed by atoms with van der Waals surface area (Å²) in [7, 11) is 0. The minimum Gasteiger partial charge on any atom is -0.352 e. The summed E-state index contributed by atoms with van der Waals surface area (Å²) in [6, 6.07) is 2.34. The highest BCUT2D eigenvalue weighted by Gasteiger charge is 2.55. The van der Waals surface area contributed by atoms with Gasteiger partial charge in [0.15, 0.2) is 0 Å². The first-order chi connectivity index (χ1) is 8.20. The summed E-state index contributed by atoms with van der Waals surface area (Å²) in [6.07, 6.45) is 5.18. The number of anilines is 1. The van der Waals surface area contributed by atoms with Crippen LogP contribution in [0.1, 0.15) is 25.7 Å². The van der Waals surface area contributed by atoms with E-state index in [1.807, 2.05) is 6.07 Å². The molecule has 1 aromatic rings. The molecule has 17 heavy (non-hydrogen) atoms. The van der Waals surface area contributed by atoms with Crippen molar-refractivity contribution in [3.63, 3.8) is 0 Å². The first-order valence-electron chi connectivity index (χ1n) is 6.24. The summed E-state index contributed by atoms with van der Waals surface area (Å²) < 4.78 is 1.79. The Morgan fingerprint density at radius 3 is 3.00 bits per heavy atom. The molecule has 0 amide bonds. The molecule has 1 aromatic heterocycles. The van der Waals surface area contributed by atoms with Crippen molar-refractivity contribution in [3.05, 3.63) is 21.7 Å². The number of fused-ring (bicyclic) bond motifs is 4. The molecule has 1 spiro atoms. The lowest BCUT2D eigenvalue weighted by Crippen LogP contribution is -2.44. The lowest BCUT2D eigenvalue weighted by atomic mass is 9.87. The quantitative estimate of drug-likeness (QED) is 0.659. The van der Waals surface area contributed by atoms with E-state index in [4.69, 9.17) is 11.6 Å². The smallest absolute Gasteiger partial charge is 0.350 e. The minimum absolute atomic E-state index is 0.197. The third-order valence-electron chi connectivity index (χ3n) is 4.66. The number of aromatic nitrogens is 2. The van der Waals surface area contributed by atoms with E-state index in [0.29, 0.717) is 16.6 Å². The number of hydrogen-bond acceptors (Lipinski definition) is 3. The minimum atomic E-state index is -0.197. The molecule has 2 aliphatic heterocycles. The first kappa shape index (κ1) is 9.95. The Balaban J connectivity index is 1.85. The fourth-order valence-corrected chi connectivity index (χ4v) is 3.78. The van der Waals surface area contributed by atoms with Gasteiger partial charge in [-0.25, -0.2) is 4.79 Å². The molecule has 0 aromatic carbocycles. The average Bonchev–Trinajstić information content (AvgIpc) is 2.94. The number of nitrogens with zero attached hydrogens (tertiary/aromatic N) is 3. The third kappa shape index (κ3) is 1.25. The van der Waals surface area contributed by atoms with Crippen molar-refractivity contribution in [2.75, 3.05) is 11.4 Å². The molecule has 5 heteroatoms. The number of piperidine rings is 1. The molecule has 1 atom stereocenters. The van der Waals surface area contributed by atoms with Crippen LogP contribution in [0.4, 0.5) is 5.82 Å². The third-order valence-corrected chi connectivity index (χ3v) is 4.85. The van der Waals surface area contributed by atoms with Gasteiger partial charge in [0.1, 0.15) is 11.0 Å². The van der Waals surface area contributed by atoms with E-state index in [9.17, 15) is 4.79 Å². The van der Waals surface area contributed by atoms with Crippen molar-refractivity contribution in [3.8, 4) is 0 Å². The maximum atomic E-state index is 11.8. The molecular formula is C12H14ClN3O. The van der Waals surface area contributed by atoms with Gasteiger partial charge < -0.3 is 4.90 Å². The predicted octanol–water partition coefficient (Wildman–Crippen LogP) is 1.66. The molecule has 2 fully saturated rings. The molecule has 4 nitrogen and oxygen atoms in total. The lowest BCUT2D eigenvalue weighted by molar-refractivity contribution is 0.297. The first-order valence-corrected chi connectivity index (χ1v) is 6.61. The van der Waals surface area contributed by atoms with Gasteiger partial charge in [-0.1, -0.05) is 11.6 Å². The topological polar surface area (TPSA) is 38.1 Å². The van der Waals surface area contributed by atoms with Crippen molar-refractivity contribution >= 4 is 17.4 Å². The van der Waals surface area contributed by atoms with Gasteiger partial charge in [0.05, 0.1) is 12.6 Å². The van der Waals surface area contributed by atoms with Gasteiger partial charge in [0.25, 0.3) is 0 Å².